The van der Waals surface area contributed by atoms with E-state index < -0.39 is 11.6 Å². The van der Waals surface area contributed by atoms with Gasteiger partial charge in [0.1, 0.15) is 0 Å². The van der Waals surface area contributed by atoms with E-state index in [1.165, 1.54) is 32.8 Å². The summed E-state index contributed by atoms with van der Waals surface area (Å²) in [6, 6.07) is 9.25. The van der Waals surface area contributed by atoms with Crippen LogP contribution in [0.2, 0.25) is 0 Å². The number of carbonyl (C=O) groups is 1. The molecule has 1 N–H and O–H groups in total. The lowest BCUT2D eigenvalue weighted by molar-refractivity contribution is -0.165. The fraction of sp³-hybridized carbons (Fsp3) is 0.588. The molecule has 1 aromatic rings. The predicted octanol–water partition coefficient (Wildman–Crippen LogP) is 4.36. The van der Waals surface area contributed by atoms with E-state index in [-0.39, 0.29) is 0 Å². The van der Waals surface area contributed by atoms with Crippen LogP contribution in [0.15, 0.2) is 30.3 Å². The van der Waals surface area contributed by atoms with Crippen molar-refractivity contribution in [3.8, 4) is 0 Å². The molecular weight excluding hydrogens is 252 g/mol. The van der Waals surface area contributed by atoms with Crippen LogP contribution in [0.25, 0.3) is 0 Å². The van der Waals surface area contributed by atoms with Crippen LogP contribution >= 0.6 is 0 Å². The third kappa shape index (κ3) is 4.34. The summed E-state index contributed by atoms with van der Waals surface area (Å²) in [5.74, 6) is -0.903. The number of carboxylic acids is 1. The molecular formula is C17H26O3. The lowest BCUT2D eigenvalue weighted by atomic mass is 9.88. The highest BCUT2D eigenvalue weighted by Gasteiger charge is 2.39. The Bertz CT molecular complexity index is 388. The second-order valence-corrected chi connectivity index (χ2v) is 5.22. The standard InChI is InChI=1S/C17H26O3/c1-3-4-5-6-7-11-14-17(20-2,16(18)19)15-12-9-8-10-13-15/h8-10,12-13H,3-7,11,14H2,1-2H3,(H,18,19). The number of hydrogen-bond donors (Lipinski definition) is 1. The molecule has 0 radical (unpaired) electrons. The highest BCUT2D eigenvalue weighted by atomic mass is 16.5. The van der Waals surface area contributed by atoms with Crippen LogP contribution < -0.4 is 0 Å². The number of carboxylic acid groups (broad SMARTS) is 1. The first-order valence-corrected chi connectivity index (χ1v) is 7.51. The monoisotopic (exact) mass is 278 g/mol. The minimum atomic E-state index is -1.20. The van der Waals surface area contributed by atoms with Gasteiger partial charge in [-0.3, -0.25) is 0 Å². The second-order valence-electron chi connectivity index (χ2n) is 5.22. The van der Waals surface area contributed by atoms with Crippen LogP contribution in [0.5, 0.6) is 0 Å². The minimum Gasteiger partial charge on any atom is -0.479 e. The van der Waals surface area contributed by atoms with Crippen molar-refractivity contribution in [3.63, 3.8) is 0 Å². The van der Waals surface area contributed by atoms with Gasteiger partial charge < -0.3 is 9.84 Å². The molecule has 0 bridgehead atoms. The van der Waals surface area contributed by atoms with Crippen molar-refractivity contribution in [1.82, 2.24) is 0 Å². The van der Waals surface area contributed by atoms with Gasteiger partial charge in [0.05, 0.1) is 0 Å². The second kappa shape index (κ2) is 8.75. The number of hydrogen-bond acceptors (Lipinski definition) is 2. The molecule has 0 spiro atoms. The van der Waals surface area contributed by atoms with Gasteiger partial charge in [-0.2, -0.15) is 0 Å². The molecule has 0 aromatic heterocycles. The topological polar surface area (TPSA) is 46.5 Å². The molecule has 0 aliphatic rings. The Morgan fingerprint density at radius 2 is 1.70 bits per heavy atom. The maximum Gasteiger partial charge on any atom is 0.340 e. The lowest BCUT2D eigenvalue weighted by Gasteiger charge is -2.28. The van der Waals surface area contributed by atoms with Gasteiger partial charge >= 0.3 is 5.97 Å². The molecule has 0 heterocycles. The number of benzene rings is 1. The van der Waals surface area contributed by atoms with E-state index in [9.17, 15) is 9.90 Å². The van der Waals surface area contributed by atoms with E-state index in [1.54, 1.807) is 0 Å². The molecule has 0 saturated heterocycles. The molecule has 3 heteroatoms. The molecule has 0 aliphatic heterocycles. The SMILES string of the molecule is CCCCCCCCC(OC)(C(=O)O)c1ccccc1. The van der Waals surface area contributed by atoms with E-state index in [0.717, 1.165) is 18.4 Å². The Balaban J connectivity index is 2.64. The average Bonchev–Trinajstić information content (AvgIpc) is 2.47. The number of ether oxygens (including phenoxy) is 1. The lowest BCUT2D eigenvalue weighted by Crippen LogP contribution is -2.37. The molecule has 0 aliphatic carbocycles. The van der Waals surface area contributed by atoms with E-state index >= 15 is 0 Å². The summed E-state index contributed by atoms with van der Waals surface area (Å²) in [6.07, 6.45) is 7.34. The van der Waals surface area contributed by atoms with E-state index in [2.05, 4.69) is 6.92 Å². The molecule has 1 unspecified atom stereocenters. The molecule has 0 amide bonds. The third-order valence-corrected chi connectivity index (χ3v) is 3.82. The van der Waals surface area contributed by atoms with Gasteiger partial charge in [0.2, 0.25) is 0 Å². The molecule has 20 heavy (non-hydrogen) atoms. The quantitative estimate of drug-likeness (QED) is 0.647. The van der Waals surface area contributed by atoms with Crippen LogP contribution in [0.3, 0.4) is 0 Å². The maximum atomic E-state index is 11.7. The summed E-state index contributed by atoms with van der Waals surface area (Å²) >= 11 is 0. The van der Waals surface area contributed by atoms with Crippen LogP contribution in [0.4, 0.5) is 0 Å². The normalized spacial score (nSPS) is 13.9. The maximum absolute atomic E-state index is 11.7. The number of aliphatic carboxylic acids is 1. The van der Waals surface area contributed by atoms with Gasteiger partial charge in [-0.1, -0.05) is 69.4 Å². The van der Waals surface area contributed by atoms with Crippen molar-refractivity contribution < 1.29 is 14.6 Å². The van der Waals surface area contributed by atoms with Gasteiger partial charge in [0.15, 0.2) is 5.60 Å². The summed E-state index contributed by atoms with van der Waals surface area (Å²) < 4.78 is 5.41. The Morgan fingerprint density at radius 1 is 1.10 bits per heavy atom. The molecule has 1 atom stereocenters. The summed E-state index contributed by atoms with van der Waals surface area (Å²) in [6.45, 7) is 2.19. The molecule has 3 nitrogen and oxygen atoms in total. The van der Waals surface area contributed by atoms with Crippen molar-refractivity contribution in [2.75, 3.05) is 7.11 Å². The van der Waals surface area contributed by atoms with Crippen LogP contribution in [-0.2, 0) is 15.1 Å². The highest BCUT2D eigenvalue weighted by Crippen LogP contribution is 2.31. The van der Waals surface area contributed by atoms with Crippen LogP contribution in [0, 0.1) is 0 Å². The molecule has 1 aromatic carbocycles. The van der Waals surface area contributed by atoms with Crippen molar-refractivity contribution in [1.29, 1.82) is 0 Å². The smallest absolute Gasteiger partial charge is 0.340 e. The van der Waals surface area contributed by atoms with Gasteiger partial charge in [-0.25, -0.2) is 4.79 Å². The first kappa shape index (κ1) is 16.7. The Hall–Kier alpha value is -1.35. The predicted molar refractivity (Wildman–Crippen MR) is 80.8 cm³/mol. The van der Waals surface area contributed by atoms with E-state index in [0.29, 0.717) is 6.42 Å². The van der Waals surface area contributed by atoms with E-state index in [4.69, 9.17) is 4.74 Å². The van der Waals surface area contributed by atoms with Crippen molar-refractivity contribution >= 4 is 5.97 Å². The van der Waals surface area contributed by atoms with Crippen molar-refractivity contribution in [3.05, 3.63) is 35.9 Å². The van der Waals surface area contributed by atoms with Crippen molar-refractivity contribution in [2.24, 2.45) is 0 Å². The Labute approximate surface area is 122 Å². The zero-order valence-electron chi connectivity index (χ0n) is 12.6. The van der Waals surface area contributed by atoms with Crippen LogP contribution in [-0.4, -0.2) is 18.2 Å². The van der Waals surface area contributed by atoms with Crippen LogP contribution in [0.1, 0.15) is 57.4 Å². The largest absolute Gasteiger partial charge is 0.479 e. The summed E-state index contributed by atoms with van der Waals surface area (Å²) in [5, 5.41) is 9.59. The molecule has 112 valence electrons. The first-order chi connectivity index (χ1) is 9.67. The number of unbranched alkanes of at least 4 members (excludes halogenated alkanes) is 5. The summed E-state index contributed by atoms with van der Waals surface area (Å²) in [4.78, 5) is 11.7. The fourth-order valence-electron chi connectivity index (χ4n) is 2.54. The van der Waals surface area contributed by atoms with Gasteiger partial charge in [0, 0.05) is 7.11 Å². The zero-order chi connectivity index (χ0) is 14.8. The summed E-state index contributed by atoms with van der Waals surface area (Å²) in [7, 11) is 1.48. The zero-order valence-corrected chi connectivity index (χ0v) is 12.6. The van der Waals surface area contributed by atoms with E-state index in [1.807, 2.05) is 30.3 Å². The Kier molecular flexibility index (Phi) is 7.31. The van der Waals surface area contributed by atoms with Gasteiger partial charge in [-0.05, 0) is 18.4 Å². The fourth-order valence-corrected chi connectivity index (χ4v) is 2.54. The van der Waals surface area contributed by atoms with Gasteiger partial charge in [0.25, 0.3) is 0 Å². The molecule has 0 fully saturated rings. The highest BCUT2D eigenvalue weighted by molar-refractivity contribution is 5.79. The molecule has 0 saturated carbocycles. The number of methoxy groups -OCH3 is 1. The average molecular weight is 278 g/mol. The summed E-state index contributed by atoms with van der Waals surface area (Å²) in [5.41, 5.74) is -0.477. The third-order valence-electron chi connectivity index (χ3n) is 3.82. The number of rotatable bonds is 10. The Morgan fingerprint density at radius 3 is 2.25 bits per heavy atom. The minimum absolute atomic E-state index is 0.523. The molecule has 1 rings (SSSR count). The van der Waals surface area contributed by atoms with Gasteiger partial charge in [-0.15, -0.1) is 0 Å². The van der Waals surface area contributed by atoms with Crippen molar-refractivity contribution in [2.45, 2.75) is 57.5 Å². The first-order valence-electron chi connectivity index (χ1n) is 7.51.